The van der Waals surface area contributed by atoms with Crippen LogP contribution < -0.4 is 11.2 Å². The van der Waals surface area contributed by atoms with Crippen LogP contribution in [0.15, 0.2) is 42.1 Å². The molecule has 4 heteroatoms. The minimum absolute atomic E-state index is 0.953. The first-order valence-electron chi connectivity index (χ1n) is 7.63. The number of benzene rings is 1. The number of allylic oxidation sites excluding steroid dienone is 2. The lowest BCUT2D eigenvalue weighted by Gasteiger charge is -2.31. The van der Waals surface area contributed by atoms with Crippen molar-refractivity contribution in [1.29, 1.82) is 0 Å². The number of hydrogen-bond acceptors (Lipinski definition) is 4. The van der Waals surface area contributed by atoms with E-state index in [1.165, 1.54) is 22.3 Å². The number of hydrogen-bond donors (Lipinski definition) is 2. The quantitative estimate of drug-likeness (QED) is 0.827. The van der Waals surface area contributed by atoms with Crippen molar-refractivity contribution in [3.05, 3.63) is 53.2 Å². The van der Waals surface area contributed by atoms with Crippen LogP contribution in [0.3, 0.4) is 0 Å². The van der Waals surface area contributed by atoms with E-state index >= 15 is 0 Å². The Bertz CT molecular complexity index is 536. The van der Waals surface area contributed by atoms with Gasteiger partial charge in [0.15, 0.2) is 0 Å². The third-order valence-electron chi connectivity index (χ3n) is 4.14. The molecule has 112 valence electrons. The summed E-state index contributed by atoms with van der Waals surface area (Å²) in [7, 11) is 0. The Labute approximate surface area is 126 Å². The van der Waals surface area contributed by atoms with Crippen LogP contribution in [-0.4, -0.2) is 42.6 Å². The minimum atomic E-state index is 0.953. The fraction of sp³-hybridized carbons (Fsp3) is 0.412. The van der Waals surface area contributed by atoms with Gasteiger partial charge in [-0.25, -0.2) is 5.01 Å². The van der Waals surface area contributed by atoms with Gasteiger partial charge in [-0.1, -0.05) is 35.9 Å². The second-order valence-electron chi connectivity index (χ2n) is 5.98. The zero-order chi connectivity index (χ0) is 14.7. The first kappa shape index (κ1) is 14.3. The van der Waals surface area contributed by atoms with E-state index < -0.39 is 0 Å². The summed E-state index contributed by atoms with van der Waals surface area (Å²) in [6.45, 7) is 8.15. The van der Waals surface area contributed by atoms with E-state index in [9.17, 15) is 0 Å². The monoisotopic (exact) mass is 284 g/mol. The number of nitrogens with two attached hydrogens (primary N) is 1. The van der Waals surface area contributed by atoms with Gasteiger partial charge >= 0.3 is 0 Å². The Hall–Kier alpha value is -1.62. The molecular formula is C17H24N4. The summed E-state index contributed by atoms with van der Waals surface area (Å²) in [4.78, 5) is 2.46. The molecule has 0 atom stereocenters. The van der Waals surface area contributed by atoms with Crippen molar-refractivity contribution in [3.63, 3.8) is 0 Å². The average Bonchev–Trinajstić information content (AvgIpc) is 2.50. The highest BCUT2D eigenvalue weighted by molar-refractivity contribution is 5.75. The molecule has 0 unspecified atom stereocenters. The summed E-state index contributed by atoms with van der Waals surface area (Å²) in [5.41, 5.74) is 5.28. The van der Waals surface area contributed by atoms with Crippen molar-refractivity contribution in [2.24, 2.45) is 5.84 Å². The van der Waals surface area contributed by atoms with E-state index in [1.807, 2.05) is 5.01 Å². The molecule has 3 rings (SSSR count). The number of piperazine rings is 1. The molecule has 0 aliphatic carbocycles. The maximum absolute atomic E-state index is 5.79. The van der Waals surface area contributed by atoms with Crippen molar-refractivity contribution in [2.45, 2.75) is 13.5 Å². The summed E-state index contributed by atoms with van der Waals surface area (Å²) in [5, 5.41) is 5.21. The van der Waals surface area contributed by atoms with Crippen molar-refractivity contribution in [1.82, 2.24) is 15.2 Å². The molecule has 0 bridgehead atoms. The SMILES string of the molecule is CC1=CC(c2ccc(CN3CCN(N)CC3)cc2)=CNC1. The molecule has 0 amide bonds. The van der Waals surface area contributed by atoms with E-state index in [0.29, 0.717) is 0 Å². The lowest BCUT2D eigenvalue weighted by Crippen LogP contribution is -2.48. The molecule has 0 radical (unpaired) electrons. The Morgan fingerprint density at radius 1 is 1.10 bits per heavy atom. The Kier molecular flexibility index (Phi) is 4.39. The maximum atomic E-state index is 5.79. The van der Waals surface area contributed by atoms with Gasteiger partial charge in [0.1, 0.15) is 0 Å². The molecule has 0 aromatic heterocycles. The zero-order valence-corrected chi connectivity index (χ0v) is 12.7. The smallest absolute Gasteiger partial charge is 0.0355 e. The van der Waals surface area contributed by atoms with Crippen LogP contribution >= 0.6 is 0 Å². The van der Waals surface area contributed by atoms with Gasteiger partial charge in [-0.3, -0.25) is 10.7 Å². The van der Waals surface area contributed by atoms with Crippen LogP contribution in [-0.2, 0) is 6.54 Å². The molecule has 4 nitrogen and oxygen atoms in total. The molecule has 3 N–H and O–H groups in total. The first-order valence-corrected chi connectivity index (χ1v) is 7.63. The van der Waals surface area contributed by atoms with Gasteiger partial charge in [-0.2, -0.15) is 0 Å². The van der Waals surface area contributed by atoms with Gasteiger partial charge in [-0.05, 0) is 23.6 Å². The molecule has 0 saturated carbocycles. The van der Waals surface area contributed by atoms with Crippen LogP contribution in [0.5, 0.6) is 0 Å². The number of hydrazine groups is 1. The lowest BCUT2D eigenvalue weighted by molar-refractivity contribution is 0.128. The second kappa shape index (κ2) is 6.43. The molecule has 2 aliphatic rings. The van der Waals surface area contributed by atoms with Gasteiger partial charge in [0, 0.05) is 45.5 Å². The number of nitrogens with one attached hydrogen (secondary N) is 1. The summed E-state index contributed by atoms with van der Waals surface area (Å²) in [6, 6.07) is 8.92. The van der Waals surface area contributed by atoms with Gasteiger partial charge in [0.25, 0.3) is 0 Å². The number of nitrogens with zero attached hydrogens (tertiary/aromatic N) is 2. The molecule has 0 spiro atoms. The Morgan fingerprint density at radius 3 is 2.48 bits per heavy atom. The predicted octanol–water partition coefficient (Wildman–Crippen LogP) is 1.57. The predicted molar refractivity (Wildman–Crippen MR) is 87.2 cm³/mol. The largest absolute Gasteiger partial charge is 0.387 e. The van der Waals surface area contributed by atoms with Crippen molar-refractivity contribution >= 4 is 5.57 Å². The standard InChI is InChI=1S/C17H24N4/c1-14-10-17(12-19-11-14)16-4-2-15(3-5-16)13-20-6-8-21(18)9-7-20/h2-5,10,12,19H,6-9,11,13,18H2,1H3. The fourth-order valence-corrected chi connectivity index (χ4v) is 2.83. The molecule has 2 aliphatic heterocycles. The van der Waals surface area contributed by atoms with Crippen molar-refractivity contribution in [2.75, 3.05) is 32.7 Å². The van der Waals surface area contributed by atoms with E-state index in [2.05, 4.69) is 53.7 Å². The highest BCUT2D eigenvalue weighted by Gasteiger charge is 2.14. The molecule has 1 fully saturated rings. The van der Waals surface area contributed by atoms with Crippen LogP contribution in [0.4, 0.5) is 0 Å². The topological polar surface area (TPSA) is 44.5 Å². The third-order valence-corrected chi connectivity index (χ3v) is 4.14. The second-order valence-corrected chi connectivity index (χ2v) is 5.98. The molecular weight excluding hydrogens is 260 g/mol. The molecule has 21 heavy (non-hydrogen) atoms. The summed E-state index contributed by atoms with van der Waals surface area (Å²) in [5.74, 6) is 5.79. The van der Waals surface area contributed by atoms with Gasteiger partial charge in [0.2, 0.25) is 0 Å². The lowest BCUT2D eigenvalue weighted by atomic mass is 10.0. The van der Waals surface area contributed by atoms with Crippen LogP contribution in [0, 0.1) is 0 Å². The number of rotatable bonds is 3. The summed E-state index contributed by atoms with van der Waals surface area (Å²) < 4.78 is 0. The van der Waals surface area contributed by atoms with E-state index in [4.69, 9.17) is 5.84 Å². The highest BCUT2D eigenvalue weighted by atomic mass is 15.4. The van der Waals surface area contributed by atoms with Crippen molar-refractivity contribution in [3.8, 4) is 0 Å². The van der Waals surface area contributed by atoms with Crippen LogP contribution in [0.1, 0.15) is 18.1 Å². The zero-order valence-electron chi connectivity index (χ0n) is 12.7. The van der Waals surface area contributed by atoms with Crippen LogP contribution in [0.2, 0.25) is 0 Å². The van der Waals surface area contributed by atoms with Crippen molar-refractivity contribution < 1.29 is 0 Å². The summed E-state index contributed by atoms with van der Waals surface area (Å²) in [6.07, 6.45) is 4.36. The van der Waals surface area contributed by atoms with Crippen LogP contribution in [0.25, 0.3) is 5.57 Å². The van der Waals surface area contributed by atoms with E-state index in [0.717, 1.165) is 39.3 Å². The first-order chi connectivity index (χ1) is 10.2. The minimum Gasteiger partial charge on any atom is -0.387 e. The highest BCUT2D eigenvalue weighted by Crippen LogP contribution is 2.20. The van der Waals surface area contributed by atoms with E-state index in [1.54, 1.807) is 0 Å². The summed E-state index contributed by atoms with van der Waals surface area (Å²) >= 11 is 0. The molecule has 2 heterocycles. The maximum Gasteiger partial charge on any atom is 0.0355 e. The van der Waals surface area contributed by atoms with Gasteiger partial charge in [0.05, 0.1) is 0 Å². The average molecular weight is 284 g/mol. The number of dihydropyridines is 1. The molecule has 1 saturated heterocycles. The molecule has 1 aromatic rings. The van der Waals surface area contributed by atoms with E-state index in [-0.39, 0.29) is 0 Å². The Balaban J connectivity index is 1.63. The van der Waals surface area contributed by atoms with Gasteiger partial charge in [-0.15, -0.1) is 0 Å². The van der Waals surface area contributed by atoms with Gasteiger partial charge < -0.3 is 5.32 Å². The normalized spacial score (nSPS) is 20.7. The molecule has 1 aromatic carbocycles. The fourth-order valence-electron chi connectivity index (χ4n) is 2.83. The Morgan fingerprint density at radius 2 is 1.81 bits per heavy atom. The third kappa shape index (κ3) is 3.73.